The molecule has 1 saturated carbocycles. The zero-order valence-electron chi connectivity index (χ0n) is 12.1. The molecule has 0 amide bonds. The van der Waals surface area contributed by atoms with Gasteiger partial charge in [-0.1, -0.05) is 30.2 Å². The van der Waals surface area contributed by atoms with Crippen LogP contribution in [-0.4, -0.2) is 29.6 Å². The molecule has 1 fully saturated rings. The minimum Gasteiger partial charge on any atom is -0.481 e. The second-order valence-corrected chi connectivity index (χ2v) is 6.04. The molecule has 0 aromatic heterocycles. The van der Waals surface area contributed by atoms with Gasteiger partial charge in [-0.25, -0.2) is 0 Å². The number of carboxylic acids is 1. The minimum atomic E-state index is -0.633. The Hall–Kier alpha value is -1.35. The highest BCUT2D eigenvalue weighted by Gasteiger charge is 2.44. The molecule has 0 bridgehead atoms. The van der Waals surface area contributed by atoms with Crippen molar-refractivity contribution in [3.8, 4) is 0 Å². The SMILES string of the molecule is Cc1ccc(CN(C)CC2(C(=O)O)CCC2)c(C)c1. The van der Waals surface area contributed by atoms with Gasteiger partial charge in [-0.3, -0.25) is 4.79 Å². The Morgan fingerprint density at radius 3 is 2.53 bits per heavy atom. The van der Waals surface area contributed by atoms with E-state index >= 15 is 0 Å². The Labute approximate surface area is 115 Å². The Bertz CT molecular complexity index is 478. The van der Waals surface area contributed by atoms with Crippen molar-refractivity contribution >= 4 is 5.97 Å². The zero-order valence-corrected chi connectivity index (χ0v) is 12.1. The maximum atomic E-state index is 11.4. The van der Waals surface area contributed by atoms with Crippen LogP contribution in [0.15, 0.2) is 18.2 Å². The van der Waals surface area contributed by atoms with E-state index in [0.717, 1.165) is 25.8 Å². The molecule has 0 heterocycles. The molecule has 104 valence electrons. The Morgan fingerprint density at radius 2 is 2.05 bits per heavy atom. The van der Waals surface area contributed by atoms with E-state index in [1.165, 1.54) is 16.7 Å². The summed E-state index contributed by atoms with van der Waals surface area (Å²) in [6, 6.07) is 6.45. The molecule has 3 heteroatoms. The predicted molar refractivity (Wildman–Crippen MR) is 76.2 cm³/mol. The van der Waals surface area contributed by atoms with E-state index in [1.54, 1.807) is 0 Å². The lowest BCUT2D eigenvalue weighted by Gasteiger charge is -2.40. The standard InChI is InChI=1S/C16H23NO2/c1-12-5-6-14(13(2)9-12)10-17(3)11-16(15(18)19)7-4-8-16/h5-6,9H,4,7-8,10-11H2,1-3H3,(H,18,19). The highest BCUT2D eigenvalue weighted by atomic mass is 16.4. The van der Waals surface area contributed by atoms with Crippen molar-refractivity contribution < 1.29 is 9.90 Å². The number of aryl methyl sites for hydroxylation is 2. The first-order valence-electron chi connectivity index (χ1n) is 6.91. The fourth-order valence-corrected chi connectivity index (χ4v) is 2.93. The van der Waals surface area contributed by atoms with Gasteiger partial charge >= 0.3 is 5.97 Å². The molecule has 2 rings (SSSR count). The van der Waals surface area contributed by atoms with Crippen LogP contribution < -0.4 is 0 Å². The number of nitrogens with zero attached hydrogens (tertiary/aromatic N) is 1. The largest absolute Gasteiger partial charge is 0.481 e. The van der Waals surface area contributed by atoms with Crippen LogP contribution in [-0.2, 0) is 11.3 Å². The molecule has 0 spiro atoms. The van der Waals surface area contributed by atoms with E-state index in [-0.39, 0.29) is 0 Å². The normalized spacial score (nSPS) is 17.3. The van der Waals surface area contributed by atoms with Gasteiger partial charge in [-0.2, -0.15) is 0 Å². The molecule has 0 radical (unpaired) electrons. The molecule has 1 aliphatic carbocycles. The van der Waals surface area contributed by atoms with Crippen molar-refractivity contribution in [2.75, 3.05) is 13.6 Å². The van der Waals surface area contributed by atoms with Gasteiger partial charge in [0.15, 0.2) is 0 Å². The molecule has 1 aromatic carbocycles. The first-order chi connectivity index (χ1) is 8.93. The summed E-state index contributed by atoms with van der Waals surface area (Å²) in [5.74, 6) is -0.633. The Morgan fingerprint density at radius 1 is 1.37 bits per heavy atom. The summed E-state index contributed by atoms with van der Waals surface area (Å²) in [7, 11) is 2.02. The molecule has 19 heavy (non-hydrogen) atoms. The van der Waals surface area contributed by atoms with Gasteiger partial charge in [0.2, 0.25) is 0 Å². The fraction of sp³-hybridized carbons (Fsp3) is 0.562. The van der Waals surface area contributed by atoms with Crippen LogP contribution in [0.25, 0.3) is 0 Å². The molecule has 0 saturated heterocycles. The van der Waals surface area contributed by atoms with Crippen molar-refractivity contribution in [2.24, 2.45) is 5.41 Å². The van der Waals surface area contributed by atoms with E-state index in [2.05, 4.69) is 36.9 Å². The number of aliphatic carboxylic acids is 1. The van der Waals surface area contributed by atoms with E-state index in [0.29, 0.717) is 6.54 Å². The fourth-order valence-electron chi connectivity index (χ4n) is 2.93. The van der Waals surface area contributed by atoms with Crippen molar-refractivity contribution in [1.29, 1.82) is 0 Å². The van der Waals surface area contributed by atoms with Crippen LogP contribution in [0.4, 0.5) is 0 Å². The minimum absolute atomic E-state index is 0.493. The second kappa shape index (κ2) is 5.33. The third-order valence-corrected chi connectivity index (χ3v) is 4.28. The van der Waals surface area contributed by atoms with Crippen LogP contribution in [0.1, 0.15) is 36.0 Å². The number of hydrogen-bond acceptors (Lipinski definition) is 2. The van der Waals surface area contributed by atoms with Crippen LogP contribution in [0.5, 0.6) is 0 Å². The molecular formula is C16H23NO2. The highest BCUT2D eigenvalue weighted by molar-refractivity contribution is 5.76. The lowest BCUT2D eigenvalue weighted by atomic mass is 9.68. The molecule has 0 atom stereocenters. The Kier molecular flexibility index (Phi) is 3.95. The van der Waals surface area contributed by atoms with Gasteiger partial charge in [0.1, 0.15) is 0 Å². The van der Waals surface area contributed by atoms with Gasteiger partial charge < -0.3 is 10.0 Å². The smallest absolute Gasteiger partial charge is 0.310 e. The summed E-state index contributed by atoms with van der Waals surface area (Å²) in [5.41, 5.74) is 3.34. The number of benzene rings is 1. The molecular weight excluding hydrogens is 238 g/mol. The van der Waals surface area contributed by atoms with E-state index in [4.69, 9.17) is 0 Å². The lowest BCUT2D eigenvalue weighted by Crippen LogP contribution is -2.46. The first kappa shape index (κ1) is 14.1. The van der Waals surface area contributed by atoms with Crippen molar-refractivity contribution in [3.05, 3.63) is 34.9 Å². The van der Waals surface area contributed by atoms with E-state index in [9.17, 15) is 9.90 Å². The van der Waals surface area contributed by atoms with E-state index < -0.39 is 11.4 Å². The summed E-state index contributed by atoms with van der Waals surface area (Å²) >= 11 is 0. The van der Waals surface area contributed by atoms with Gasteiger partial charge in [0.25, 0.3) is 0 Å². The zero-order chi connectivity index (χ0) is 14.0. The van der Waals surface area contributed by atoms with Crippen LogP contribution in [0, 0.1) is 19.3 Å². The molecule has 1 aromatic rings. The third kappa shape index (κ3) is 2.98. The average molecular weight is 261 g/mol. The summed E-state index contributed by atoms with van der Waals surface area (Å²) in [5, 5.41) is 9.36. The maximum Gasteiger partial charge on any atom is 0.310 e. The maximum absolute atomic E-state index is 11.4. The van der Waals surface area contributed by atoms with Gasteiger partial charge in [0.05, 0.1) is 5.41 Å². The van der Waals surface area contributed by atoms with Crippen molar-refractivity contribution in [3.63, 3.8) is 0 Å². The summed E-state index contributed by atoms with van der Waals surface area (Å²) in [6.07, 6.45) is 2.68. The van der Waals surface area contributed by atoms with Gasteiger partial charge in [0, 0.05) is 13.1 Å². The van der Waals surface area contributed by atoms with Gasteiger partial charge in [-0.15, -0.1) is 0 Å². The number of carboxylic acid groups (broad SMARTS) is 1. The summed E-state index contributed by atoms with van der Waals surface area (Å²) in [4.78, 5) is 13.5. The number of rotatable bonds is 5. The van der Waals surface area contributed by atoms with Crippen LogP contribution in [0.2, 0.25) is 0 Å². The van der Waals surface area contributed by atoms with Crippen molar-refractivity contribution in [1.82, 2.24) is 4.90 Å². The quantitative estimate of drug-likeness (QED) is 0.885. The number of carbonyl (C=O) groups is 1. The average Bonchev–Trinajstić information content (AvgIpc) is 2.27. The van der Waals surface area contributed by atoms with Gasteiger partial charge in [-0.05, 0) is 44.9 Å². The molecule has 0 aliphatic heterocycles. The summed E-state index contributed by atoms with van der Waals surface area (Å²) < 4.78 is 0. The molecule has 0 unspecified atom stereocenters. The Balaban J connectivity index is 2.01. The van der Waals surface area contributed by atoms with Crippen LogP contribution >= 0.6 is 0 Å². The monoisotopic (exact) mass is 261 g/mol. The number of hydrogen-bond donors (Lipinski definition) is 1. The predicted octanol–water partition coefficient (Wildman–Crippen LogP) is 2.99. The lowest BCUT2D eigenvalue weighted by molar-refractivity contribution is -0.156. The van der Waals surface area contributed by atoms with Crippen LogP contribution in [0.3, 0.4) is 0 Å². The first-order valence-corrected chi connectivity index (χ1v) is 6.91. The van der Waals surface area contributed by atoms with E-state index in [1.807, 2.05) is 7.05 Å². The molecule has 3 nitrogen and oxygen atoms in total. The third-order valence-electron chi connectivity index (χ3n) is 4.28. The summed E-state index contributed by atoms with van der Waals surface area (Å²) in [6.45, 7) is 5.68. The molecule has 1 N–H and O–H groups in total. The van der Waals surface area contributed by atoms with Crippen molar-refractivity contribution in [2.45, 2.75) is 39.7 Å². The second-order valence-electron chi connectivity index (χ2n) is 6.04. The molecule has 1 aliphatic rings. The highest BCUT2D eigenvalue weighted by Crippen LogP contribution is 2.41. The topological polar surface area (TPSA) is 40.5 Å².